The molecule has 0 aliphatic rings. The highest BCUT2D eigenvalue weighted by molar-refractivity contribution is 7.89. The summed E-state index contributed by atoms with van der Waals surface area (Å²) in [6.45, 7) is 4.55. The van der Waals surface area contributed by atoms with E-state index in [0.717, 1.165) is 24.6 Å². The first-order chi connectivity index (χ1) is 13.3. The Bertz CT molecular complexity index is 945. The maximum Gasteiger partial charge on any atom is 0.243 e. The molecule has 0 spiro atoms. The number of rotatable bonds is 10. The van der Waals surface area contributed by atoms with Crippen molar-refractivity contribution in [3.8, 4) is 11.5 Å². The number of carbonyl (C=O) groups is 1. The van der Waals surface area contributed by atoms with Crippen LogP contribution in [-0.2, 0) is 16.6 Å². The third-order valence-electron chi connectivity index (χ3n) is 3.69. The summed E-state index contributed by atoms with van der Waals surface area (Å²) in [6.07, 6.45) is 0.823. The van der Waals surface area contributed by atoms with Crippen molar-refractivity contribution < 1.29 is 32.2 Å². The fourth-order valence-electron chi connectivity index (χ4n) is 2.35. The van der Waals surface area contributed by atoms with E-state index in [1.165, 1.54) is 0 Å². The summed E-state index contributed by atoms with van der Waals surface area (Å²) < 4.78 is 52.1. The highest BCUT2D eigenvalue weighted by Gasteiger charge is 2.20. The number of benzene rings is 2. The summed E-state index contributed by atoms with van der Waals surface area (Å²) in [7, 11) is -4.28. The lowest BCUT2D eigenvalue weighted by molar-refractivity contribution is -0.255. The van der Waals surface area contributed by atoms with Crippen molar-refractivity contribution in [2.75, 3.05) is 13.2 Å². The maximum atomic E-state index is 13.9. The van der Waals surface area contributed by atoms with E-state index >= 15 is 0 Å². The Balaban J connectivity index is 2.21. The summed E-state index contributed by atoms with van der Waals surface area (Å²) >= 11 is 0. The first-order valence-electron chi connectivity index (χ1n) is 8.67. The van der Waals surface area contributed by atoms with Crippen LogP contribution in [0.5, 0.6) is 11.5 Å². The van der Waals surface area contributed by atoms with E-state index in [1.54, 1.807) is 18.2 Å². The van der Waals surface area contributed by atoms with E-state index in [0.29, 0.717) is 30.3 Å². The monoisotopic (exact) mass is 410 g/mol. The maximum absolute atomic E-state index is 13.9. The largest absolute Gasteiger partial charge is 0.545 e. The van der Waals surface area contributed by atoms with Gasteiger partial charge in [0, 0.05) is 6.54 Å². The molecule has 0 radical (unpaired) electrons. The van der Waals surface area contributed by atoms with Crippen LogP contribution in [0.15, 0.2) is 41.3 Å². The molecule has 0 aliphatic heterocycles. The van der Waals surface area contributed by atoms with E-state index in [-0.39, 0.29) is 6.54 Å². The van der Waals surface area contributed by atoms with Gasteiger partial charge in [0.2, 0.25) is 10.0 Å². The molecule has 2 rings (SSSR count). The van der Waals surface area contributed by atoms with Gasteiger partial charge in [0.15, 0.2) is 11.5 Å². The molecule has 1 N–H and O–H groups in total. The Morgan fingerprint density at radius 3 is 2.50 bits per heavy atom. The summed E-state index contributed by atoms with van der Waals surface area (Å²) in [6, 6.07) is 7.39. The number of nitrogens with one attached hydrogen (secondary N) is 1. The molecule has 9 heteroatoms. The molecule has 0 heterocycles. The molecule has 2 aromatic rings. The molecule has 0 fully saturated rings. The average Bonchev–Trinajstić information content (AvgIpc) is 2.66. The van der Waals surface area contributed by atoms with E-state index in [9.17, 15) is 22.7 Å². The lowest BCUT2D eigenvalue weighted by atomic mass is 10.2. The second-order valence-corrected chi connectivity index (χ2v) is 7.56. The van der Waals surface area contributed by atoms with Gasteiger partial charge in [-0.3, -0.25) is 0 Å². The fraction of sp³-hybridized carbons (Fsp3) is 0.316. The van der Waals surface area contributed by atoms with Crippen LogP contribution in [0, 0.1) is 5.82 Å². The first-order valence-corrected chi connectivity index (χ1v) is 10.2. The van der Waals surface area contributed by atoms with Crippen molar-refractivity contribution in [2.45, 2.75) is 31.7 Å². The van der Waals surface area contributed by atoms with Gasteiger partial charge >= 0.3 is 0 Å². The van der Waals surface area contributed by atoms with Gasteiger partial charge in [-0.15, -0.1) is 0 Å². The zero-order chi connectivity index (χ0) is 20.7. The van der Waals surface area contributed by atoms with Crippen molar-refractivity contribution in [2.24, 2.45) is 0 Å². The van der Waals surface area contributed by atoms with Crippen LogP contribution >= 0.6 is 0 Å². The van der Waals surface area contributed by atoms with Crippen LogP contribution < -0.4 is 19.3 Å². The SMILES string of the molecule is CCCOc1ccc(CNS(=O)(=O)c2cc(C(=O)[O-])ccc2F)cc1OCC. The van der Waals surface area contributed by atoms with Gasteiger partial charge in [-0.1, -0.05) is 19.1 Å². The Morgan fingerprint density at radius 1 is 1.11 bits per heavy atom. The second-order valence-electron chi connectivity index (χ2n) is 5.82. The molecule has 0 saturated heterocycles. The van der Waals surface area contributed by atoms with Crippen molar-refractivity contribution >= 4 is 16.0 Å². The molecule has 2 aromatic carbocycles. The average molecular weight is 410 g/mol. The van der Waals surface area contributed by atoms with E-state index in [4.69, 9.17) is 9.47 Å². The van der Waals surface area contributed by atoms with Crippen LogP contribution in [-0.4, -0.2) is 27.6 Å². The zero-order valence-electron chi connectivity index (χ0n) is 15.5. The molecule has 152 valence electrons. The number of sulfonamides is 1. The Morgan fingerprint density at radius 2 is 1.86 bits per heavy atom. The lowest BCUT2D eigenvalue weighted by Crippen LogP contribution is -2.26. The Hall–Kier alpha value is -2.65. The quantitative estimate of drug-likeness (QED) is 0.641. The molecule has 0 bridgehead atoms. The molecule has 0 aliphatic carbocycles. The van der Waals surface area contributed by atoms with Gasteiger partial charge < -0.3 is 19.4 Å². The zero-order valence-corrected chi connectivity index (χ0v) is 16.3. The third kappa shape index (κ3) is 5.43. The van der Waals surface area contributed by atoms with Crippen molar-refractivity contribution in [3.05, 3.63) is 53.3 Å². The van der Waals surface area contributed by atoms with Crippen LogP contribution in [0.25, 0.3) is 0 Å². The van der Waals surface area contributed by atoms with Gasteiger partial charge in [0.25, 0.3) is 0 Å². The molecule has 28 heavy (non-hydrogen) atoms. The molecular formula is C19H21FNO6S-. The summed E-state index contributed by atoms with van der Waals surface area (Å²) in [4.78, 5) is 10.1. The van der Waals surface area contributed by atoms with E-state index in [2.05, 4.69) is 4.72 Å². The number of halogens is 1. The van der Waals surface area contributed by atoms with Gasteiger partial charge in [0.1, 0.15) is 10.7 Å². The second kappa shape index (κ2) is 9.52. The van der Waals surface area contributed by atoms with Crippen LogP contribution in [0.4, 0.5) is 4.39 Å². The topological polar surface area (TPSA) is 105 Å². The van der Waals surface area contributed by atoms with Crippen molar-refractivity contribution in [1.82, 2.24) is 4.72 Å². The lowest BCUT2D eigenvalue weighted by Gasteiger charge is -2.14. The predicted molar refractivity (Wildman–Crippen MR) is 98.2 cm³/mol. The Kier molecular flexibility index (Phi) is 7.36. The highest BCUT2D eigenvalue weighted by atomic mass is 32.2. The number of carboxylic acid groups (broad SMARTS) is 1. The van der Waals surface area contributed by atoms with Gasteiger partial charge in [-0.05, 0) is 48.7 Å². The minimum absolute atomic E-state index is 0.147. The smallest absolute Gasteiger partial charge is 0.243 e. The first kappa shape index (κ1) is 21.6. The standard InChI is InChI=1S/C19H22FNO6S/c1-3-9-27-16-8-5-13(10-17(16)26-4-2)12-21-28(24,25)18-11-14(19(22)23)6-7-15(18)20/h5-8,10-11,21H,3-4,9,12H2,1-2H3,(H,22,23)/p-1. The molecular weight excluding hydrogens is 389 g/mol. The highest BCUT2D eigenvalue weighted by Crippen LogP contribution is 2.29. The predicted octanol–water partition coefficient (Wildman–Crippen LogP) is 1.86. The minimum Gasteiger partial charge on any atom is -0.545 e. The number of aromatic carboxylic acids is 1. The summed E-state index contributed by atoms with van der Waals surface area (Å²) in [5.74, 6) is -1.64. The van der Waals surface area contributed by atoms with Crippen molar-refractivity contribution in [3.63, 3.8) is 0 Å². The molecule has 0 unspecified atom stereocenters. The van der Waals surface area contributed by atoms with E-state index < -0.39 is 32.3 Å². The Labute approximate surface area is 163 Å². The molecule has 0 amide bonds. The van der Waals surface area contributed by atoms with E-state index in [1.807, 2.05) is 13.8 Å². The molecule has 7 nitrogen and oxygen atoms in total. The summed E-state index contributed by atoms with van der Waals surface area (Å²) in [5, 5.41) is 10.9. The van der Waals surface area contributed by atoms with Crippen LogP contribution in [0.2, 0.25) is 0 Å². The van der Waals surface area contributed by atoms with Crippen LogP contribution in [0.3, 0.4) is 0 Å². The van der Waals surface area contributed by atoms with Gasteiger partial charge in [-0.25, -0.2) is 17.5 Å². The van der Waals surface area contributed by atoms with Gasteiger partial charge in [0.05, 0.1) is 19.2 Å². The molecule has 0 aromatic heterocycles. The van der Waals surface area contributed by atoms with Gasteiger partial charge in [-0.2, -0.15) is 0 Å². The van der Waals surface area contributed by atoms with Crippen LogP contribution in [0.1, 0.15) is 36.2 Å². The number of carbonyl (C=O) groups excluding carboxylic acids is 1. The number of ether oxygens (including phenoxy) is 2. The minimum atomic E-state index is -4.28. The number of hydrogen-bond donors (Lipinski definition) is 1. The van der Waals surface area contributed by atoms with Crippen molar-refractivity contribution in [1.29, 1.82) is 0 Å². The summed E-state index contributed by atoms with van der Waals surface area (Å²) in [5.41, 5.74) is 0.130. The number of carboxylic acids is 1. The molecule has 0 atom stereocenters. The fourth-order valence-corrected chi connectivity index (χ4v) is 3.47. The third-order valence-corrected chi connectivity index (χ3v) is 5.11. The number of hydrogen-bond acceptors (Lipinski definition) is 6. The normalized spacial score (nSPS) is 11.2. The molecule has 0 saturated carbocycles.